The summed E-state index contributed by atoms with van der Waals surface area (Å²) >= 11 is 0. The summed E-state index contributed by atoms with van der Waals surface area (Å²) in [5.74, 6) is 1.89. The number of nitrogens with zero attached hydrogens (tertiary/aromatic N) is 1. The van der Waals surface area contributed by atoms with Crippen molar-refractivity contribution >= 4 is 0 Å². The van der Waals surface area contributed by atoms with Gasteiger partial charge in [-0.25, -0.2) is 0 Å². The van der Waals surface area contributed by atoms with E-state index in [1.807, 2.05) is 6.07 Å². The number of aromatic hydroxyl groups is 1. The Morgan fingerprint density at radius 3 is 3.05 bits per heavy atom. The summed E-state index contributed by atoms with van der Waals surface area (Å²) in [4.78, 5) is 2.41. The molecule has 4 nitrogen and oxygen atoms in total. The van der Waals surface area contributed by atoms with Crippen LogP contribution in [0.2, 0.25) is 0 Å². The number of hydrogen-bond donors (Lipinski definition) is 2. The molecule has 1 saturated heterocycles. The van der Waals surface area contributed by atoms with Crippen molar-refractivity contribution in [3.05, 3.63) is 46.9 Å². The number of piperidine rings is 1. The van der Waals surface area contributed by atoms with Gasteiger partial charge in [-0.05, 0) is 44.1 Å². The summed E-state index contributed by atoms with van der Waals surface area (Å²) in [6.07, 6.45) is 5.77. The van der Waals surface area contributed by atoms with Crippen molar-refractivity contribution in [2.75, 3.05) is 13.6 Å². The first-order chi connectivity index (χ1) is 10.1. The average molecular weight is 283 g/mol. The minimum absolute atomic E-state index is 0.175. The molecule has 4 heteroatoms. The van der Waals surface area contributed by atoms with E-state index in [1.165, 1.54) is 5.56 Å². The number of likely N-dealkylation sites (tertiary alicyclic amines) is 1. The van der Waals surface area contributed by atoms with Crippen molar-refractivity contribution in [2.24, 2.45) is 5.92 Å². The first-order valence-electron chi connectivity index (χ1n) is 7.48. The quantitative estimate of drug-likeness (QED) is 0.766. The van der Waals surface area contributed by atoms with Crippen molar-refractivity contribution in [2.45, 2.75) is 24.3 Å². The average Bonchev–Trinajstić information content (AvgIpc) is 2.83. The summed E-state index contributed by atoms with van der Waals surface area (Å²) in [6.45, 7) is 0.976. The fourth-order valence-electron chi connectivity index (χ4n) is 4.88. The van der Waals surface area contributed by atoms with Crippen LogP contribution in [0.25, 0.3) is 0 Å². The van der Waals surface area contributed by atoms with E-state index >= 15 is 0 Å². The molecule has 3 atom stereocenters. The van der Waals surface area contributed by atoms with Gasteiger partial charge in [-0.2, -0.15) is 0 Å². The number of aliphatic hydroxyl groups excluding tert-OH is 1. The number of ether oxygens (including phenoxy) is 1. The highest BCUT2D eigenvalue weighted by atomic mass is 16.5. The summed E-state index contributed by atoms with van der Waals surface area (Å²) in [6, 6.07) is 4.15. The lowest BCUT2D eigenvalue weighted by Crippen LogP contribution is -2.58. The molecular weight excluding hydrogens is 266 g/mol. The molecule has 2 heterocycles. The Hall–Kier alpha value is -1.94. The van der Waals surface area contributed by atoms with Gasteiger partial charge in [-0.3, -0.25) is 0 Å². The summed E-state index contributed by atoms with van der Waals surface area (Å²) in [5.41, 5.74) is 2.08. The van der Waals surface area contributed by atoms with Gasteiger partial charge in [0, 0.05) is 17.5 Å². The number of aliphatic hydroxyl groups is 1. The van der Waals surface area contributed by atoms with E-state index < -0.39 is 0 Å². The second-order valence-corrected chi connectivity index (χ2v) is 6.62. The SMILES string of the molecule is CN1CC[C@]23C4=C(O)C=C[C@H]2[C@H]1Cc1ccc(O)c(c13)O4. The van der Waals surface area contributed by atoms with Crippen LogP contribution in [0.15, 0.2) is 35.8 Å². The first-order valence-corrected chi connectivity index (χ1v) is 7.48. The van der Waals surface area contributed by atoms with E-state index in [2.05, 4.69) is 18.0 Å². The standard InChI is InChI=1S/C17H17NO3/c1-18-7-6-17-10-3-5-13(20)16(17)21-15-12(19)4-2-9(14(15)17)8-11(10)18/h2-5,10-11,19-20H,6-8H2,1H3/t10-,11+,17-/m0/s1. The fraction of sp³-hybridized carbons (Fsp3) is 0.412. The van der Waals surface area contributed by atoms with Crippen LogP contribution in [-0.4, -0.2) is 34.7 Å². The number of allylic oxidation sites excluding steroid dienone is 2. The van der Waals surface area contributed by atoms with Crippen LogP contribution in [0, 0.1) is 5.92 Å². The van der Waals surface area contributed by atoms with E-state index in [0.717, 1.165) is 24.9 Å². The zero-order valence-electron chi connectivity index (χ0n) is 11.8. The van der Waals surface area contributed by atoms with Crippen LogP contribution < -0.4 is 4.74 Å². The van der Waals surface area contributed by atoms with E-state index in [1.54, 1.807) is 12.1 Å². The van der Waals surface area contributed by atoms with Gasteiger partial charge in [0.05, 0.1) is 5.41 Å². The van der Waals surface area contributed by atoms with Crippen molar-refractivity contribution in [1.82, 2.24) is 4.90 Å². The van der Waals surface area contributed by atoms with Crippen molar-refractivity contribution in [3.8, 4) is 11.5 Å². The summed E-state index contributed by atoms with van der Waals surface area (Å²) in [7, 11) is 2.17. The molecule has 0 radical (unpaired) electrons. The summed E-state index contributed by atoms with van der Waals surface area (Å²) in [5, 5.41) is 20.5. The van der Waals surface area contributed by atoms with Gasteiger partial charge in [0.2, 0.25) is 0 Å². The Morgan fingerprint density at radius 2 is 2.19 bits per heavy atom. The van der Waals surface area contributed by atoms with Gasteiger partial charge in [-0.15, -0.1) is 0 Å². The summed E-state index contributed by atoms with van der Waals surface area (Å²) < 4.78 is 5.97. The van der Waals surface area contributed by atoms with Gasteiger partial charge in [0.25, 0.3) is 0 Å². The van der Waals surface area contributed by atoms with E-state index in [4.69, 9.17) is 4.74 Å². The number of phenols is 1. The molecule has 0 aromatic heterocycles. The molecule has 0 saturated carbocycles. The minimum Gasteiger partial charge on any atom is -0.504 e. The van der Waals surface area contributed by atoms with Crippen molar-refractivity contribution in [1.29, 1.82) is 0 Å². The molecule has 2 bridgehead atoms. The van der Waals surface area contributed by atoms with Crippen LogP contribution in [0.5, 0.6) is 11.5 Å². The highest BCUT2D eigenvalue weighted by Gasteiger charge is 2.61. The molecule has 108 valence electrons. The largest absolute Gasteiger partial charge is 0.504 e. The topological polar surface area (TPSA) is 52.9 Å². The zero-order valence-corrected chi connectivity index (χ0v) is 11.8. The third-order valence-electron chi connectivity index (χ3n) is 5.81. The minimum atomic E-state index is -0.280. The molecular formula is C17H17NO3. The highest BCUT2D eigenvalue weighted by Crippen LogP contribution is 2.63. The second kappa shape index (κ2) is 3.45. The maximum atomic E-state index is 10.3. The first kappa shape index (κ1) is 11.7. The Bertz CT molecular complexity index is 736. The van der Waals surface area contributed by atoms with Crippen LogP contribution in [-0.2, 0) is 11.8 Å². The maximum Gasteiger partial charge on any atom is 0.173 e. The molecule has 5 rings (SSSR count). The smallest absolute Gasteiger partial charge is 0.173 e. The third kappa shape index (κ3) is 1.14. The van der Waals surface area contributed by atoms with Gasteiger partial charge < -0.3 is 19.8 Å². The van der Waals surface area contributed by atoms with Gasteiger partial charge >= 0.3 is 0 Å². The molecule has 21 heavy (non-hydrogen) atoms. The number of hydrogen-bond acceptors (Lipinski definition) is 4. The van der Waals surface area contributed by atoms with Gasteiger partial charge in [0.15, 0.2) is 23.0 Å². The predicted molar refractivity (Wildman–Crippen MR) is 77.4 cm³/mol. The number of likely N-dealkylation sites (N-methyl/N-ethyl adjacent to an activating group) is 1. The van der Waals surface area contributed by atoms with Crippen LogP contribution >= 0.6 is 0 Å². The van der Waals surface area contributed by atoms with Crippen LogP contribution in [0.3, 0.4) is 0 Å². The Morgan fingerprint density at radius 1 is 1.33 bits per heavy atom. The molecule has 2 N–H and O–H groups in total. The van der Waals surface area contributed by atoms with Gasteiger partial charge in [0.1, 0.15) is 0 Å². The molecule has 1 fully saturated rings. The Balaban J connectivity index is 1.89. The normalized spacial score (nSPS) is 35.7. The molecule has 1 aromatic rings. The maximum absolute atomic E-state index is 10.3. The van der Waals surface area contributed by atoms with Gasteiger partial charge in [-0.1, -0.05) is 12.1 Å². The molecule has 2 aliphatic carbocycles. The fourth-order valence-corrected chi connectivity index (χ4v) is 4.88. The Labute approximate surface area is 123 Å². The highest BCUT2D eigenvalue weighted by molar-refractivity contribution is 5.65. The third-order valence-corrected chi connectivity index (χ3v) is 5.81. The van der Waals surface area contributed by atoms with E-state index in [-0.39, 0.29) is 16.9 Å². The predicted octanol–water partition coefficient (Wildman–Crippen LogP) is 2.24. The molecule has 4 aliphatic rings. The number of phenolic OH excluding ortho intramolecular Hbond substituents is 1. The number of benzene rings is 1. The molecule has 0 amide bonds. The van der Waals surface area contributed by atoms with E-state index in [0.29, 0.717) is 23.5 Å². The van der Waals surface area contributed by atoms with Crippen molar-refractivity contribution < 1.29 is 14.9 Å². The zero-order chi connectivity index (χ0) is 14.4. The molecule has 1 aromatic carbocycles. The monoisotopic (exact) mass is 283 g/mol. The molecule has 1 spiro atoms. The molecule has 0 unspecified atom stereocenters. The van der Waals surface area contributed by atoms with Crippen molar-refractivity contribution in [3.63, 3.8) is 0 Å². The lowest BCUT2D eigenvalue weighted by molar-refractivity contribution is 0.0629. The van der Waals surface area contributed by atoms with Crippen LogP contribution in [0.1, 0.15) is 17.5 Å². The second-order valence-electron chi connectivity index (χ2n) is 6.62. The Kier molecular flexibility index (Phi) is 1.92. The molecule has 2 aliphatic heterocycles. The lowest BCUT2D eigenvalue weighted by Gasteiger charge is -2.53. The lowest BCUT2D eigenvalue weighted by atomic mass is 9.56. The number of rotatable bonds is 0. The van der Waals surface area contributed by atoms with Crippen LogP contribution in [0.4, 0.5) is 0 Å². The van der Waals surface area contributed by atoms with E-state index in [9.17, 15) is 10.2 Å².